The Hall–Kier alpha value is -4.74. The minimum atomic E-state index is -0.129. The Bertz CT molecular complexity index is 1660. The van der Waals surface area contributed by atoms with Gasteiger partial charge in [-0.1, -0.05) is 18.2 Å². The minimum absolute atomic E-state index is 0. The molecule has 2 aliphatic rings. The molecule has 0 spiro atoms. The highest BCUT2D eigenvalue weighted by Gasteiger charge is 2.27. The fourth-order valence-corrected chi connectivity index (χ4v) is 5.72. The summed E-state index contributed by atoms with van der Waals surface area (Å²) in [6.45, 7) is 5.83. The zero-order chi connectivity index (χ0) is 30.1. The number of aromatic nitrogens is 2. The van der Waals surface area contributed by atoms with Gasteiger partial charge in [-0.25, -0.2) is 4.79 Å². The smallest absolute Gasteiger partial charge is 0.317 e. The zero-order valence-electron chi connectivity index (χ0n) is 24.7. The molecule has 4 aromatic rings. The number of aryl methyl sites for hydroxylation is 2. The molecule has 6 rings (SSSR count). The number of piperazine rings is 1. The second kappa shape index (κ2) is 12.9. The van der Waals surface area contributed by atoms with E-state index in [0.717, 1.165) is 39.4 Å². The van der Waals surface area contributed by atoms with E-state index in [0.29, 0.717) is 51.4 Å². The lowest BCUT2D eigenvalue weighted by atomic mass is 10.0. The van der Waals surface area contributed by atoms with E-state index in [1.54, 1.807) is 32.8 Å². The van der Waals surface area contributed by atoms with Gasteiger partial charge < -0.3 is 30.6 Å². The average Bonchev–Trinajstić information content (AvgIpc) is 3.23. The lowest BCUT2D eigenvalue weighted by molar-refractivity contribution is 0.0985. The molecular formula is C32H36ClN7O4. The van der Waals surface area contributed by atoms with Gasteiger partial charge in [0.1, 0.15) is 17.3 Å². The summed E-state index contributed by atoms with van der Waals surface area (Å²) in [5, 5.41) is 30.3. The van der Waals surface area contributed by atoms with Crippen LogP contribution in [-0.4, -0.2) is 67.9 Å². The van der Waals surface area contributed by atoms with Crippen molar-refractivity contribution >= 4 is 41.5 Å². The number of aromatic hydroxyl groups is 2. The largest absolute Gasteiger partial charge is 0.508 e. The number of fused-ring (bicyclic) bond motifs is 2. The highest BCUT2D eigenvalue weighted by molar-refractivity contribution is 6.08. The van der Waals surface area contributed by atoms with Crippen LogP contribution in [-0.2, 0) is 26.7 Å². The van der Waals surface area contributed by atoms with Crippen LogP contribution in [0.3, 0.4) is 0 Å². The van der Waals surface area contributed by atoms with Gasteiger partial charge in [0.25, 0.3) is 5.91 Å². The van der Waals surface area contributed by atoms with E-state index < -0.39 is 0 Å². The van der Waals surface area contributed by atoms with Crippen LogP contribution in [0.15, 0.2) is 66.9 Å². The second-order valence-corrected chi connectivity index (χ2v) is 11.1. The molecule has 3 aromatic carbocycles. The number of urea groups is 1. The van der Waals surface area contributed by atoms with Gasteiger partial charge in [-0.15, -0.1) is 12.4 Å². The zero-order valence-corrected chi connectivity index (χ0v) is 25.5. The van der Waals surface area contributed by atoms with Crippen LogP contribution in [0.1, 0.15) is 32.6 Å². The maximum Gasteiger partial charge on any atom is 0.317 e. The third-order valence-electron chi connectivity index (χ3n) is 8.08. The van der Waals surface area contributed by atoms with Gasteiger partial charge in [0.2, 0.25) is 0 Å². The summed E-state index contributed by atoms with van der Waals surface area (Å²) in [4.78, 5) is 32.5. The van der Waals surface area contributed by atoms with E-state index in [1.165, 1.54) is 6.07 Å². The molecule has 3 heterocycles. The predicted molar refractivity (Wildman–Crippen MR) is 171 cm³/mol. The molecule has 4 N–H and O–H groups in total. The SMILES string of the molecule is Cc1cc(C(=O)N2Cc3cnn(C)c3Nc3ccccc32)ccc1CNC(=O)N1CCN(Cc2cc(O)cc(O)c2)CC1.Cl. The number of halogens is 1. The average molecular weight is 618 g/mol. The van der Waals surface area contributed by atoms with Crippen molar-refractivity contribution in [2.45, 2.75) is 26.6 Å². The molecule has 11 nitrogen and oxygen atoms in total. The van der Waals surface area contributed by atoms with Crippen LogP contribution < -0.4 is 15.5 Å². The standard InChI is InChI=1S/C32H35N7O4.ClH/c1-21-13-23(31(42)39-20-25-18-34-36(2)30(25)35-28-5-3-4-6-29(28)39)7-8-24(21)17-33-32(43)38-11-9-37(10-12-38)19-22-14-26(40)16-27(41)15-22;/h3-8,13-16,18,35,40-41H,9-12,17,19-20H2,1-2H3,(H,33,43);1H. The molecule has 1 fully saturated rings. The lowest BCUT2D eigenvalue weighted by Gasteiger charge is -2.34. The van der Waals surface area contributed by atoms with Crippen molar-refractivity contribution in [3.05, 3.63) is 94.7 Å². The number of nitrogens with one attached hydrogen (secondary N) is 2. The molecule has 0 aliphatic carbocycles. The summed E-state index contributed by atoms with van der Waals surface area (Å²) < 4.78 is 1.77. The van der Waals surface area contributed by atoms with Crippen LogP contribution >= 0.6 is 12.4 Å². The van der Waals surface area contributed by atoms with Crippen molar-refractivity contribution in [3.8, 4) is 11.5 Å². The number of benzene rings is 3. The van der Waals surface area contributed by atoms with Gasteiger partial charge in [-0.05, 0) is 60.0 Å². The van der Waals surface area contributed by atoms with Crippen molar-refractivity contribution in [2.24, 2.45) is 7.05 Å². The summed E-state index contributed by atoms with van der Waals surface area (Å²) in [6.07, 6.45) is 1.78. The topological polar surface area (TPSA) is 126 Å². The molecule has 0 unspecified atom stereocenters. The van der Waals surface area contributed by atoms with Crippen LogP contribution in [0.4, 0.5) is 22.0 Å². The summed E-state index contributed by atoms with van der Waals surface area (Å²) in [5.41, 5.74) is 5.85. The number of amides is 3. The van der Waals surface area contributed by atoms with Crippen LogP contribution in [0.2, 0.25) is 0 Å². The van der Waals surface area contributed by atoms with E-state index in [2.05, 4.69) is 20.6 Å². The van der Waals surface area contributed by atoms with E-state index >= 15 is 0 Å². The molecule has 0 saturated carbocycles. The number of phenols is 2. The Morgan fingerprint density at radius 1 is 0.977 bits per heavy atom. The highest BCUT2D eigenvalue weighted by atomic mass is 35.5. The molecule has 1 saturated heterocycles. The molecule has 1 aromatic heterocycles. The lowest BCUT2D eigenvalue weighted by Crippen LogP contribution is -2.51. The number of carbonyl (C=O) groups excluding carboxylic acids is 2. The van der Waals surface area contributed by atoms with E-state index in [9.17, 15) is 19.8 Å². The van der Waals surface area contributed by atoms with Crippen molar-refractivity contribution < 1.29 is 19.8 Å². The van der Waals surface area contributed by atoms with E-state index in [-0.39, 0.29) is 35.8 Å². The minimum Gasteiger partial charge on any atom is -0.508 e. The number of carbonyl (C=O) groups is 2. The Morgan fingerprint density at radius 3 is 2.43 bits per heavy atom. The van der Waals surface area contributed by atoms with Crippen LogP contribution in [0, 0.1) is 6.92 Å². The molecule has 44 heavy (non-hydrogen) atoms. The number of para-hydroxylation sites is 2. The third kappa shape index (κ3) is 6.43. The number of nitrogens with zero attached hydrogens (tertiary/aromatic N) is 5. The first-order valence-electron chi connectivity index (χ1n) is 14.3. The molecule has 0 radical (unpaired) electrons. The van der Waals surface area contributed by atoms with Gasteiger partial charge in [0.15, 0.2) is 0 Å². The van der Waals surface area contributed by atoms with Gasteiger partial charge >= 0.3 is 6.03 Å². The Balaban J connectivity index is 0.00000384. The summed E-state index contributed by atoms with van der Waals surface area (Å²) in [6, 6.07) is 17.8. The number of hydrogen-bond donors (Lipinski definition) is 4. The van der Waals surface area contributed by atoms with Gasteiger partial charge in [0.05, 0.1) is 24.1 Å². The fraction of sp³-hybridized carbons (Fsp3) is 0.281. The molecule has 0 atom stereocenters. The van der Waals surface area contributed by atoms with Crippen molar-refractivity contribution in [2.75, 3.05) is 36.4 Å². The third-order valence-corrected chi connectivity index (χ3v) is 8.08. The van der Waals surface area contributed by atoms with Gasteiger partial charge in [-0.3, -0.25) is 14.4 Å². The predicted octanol–water partition coefficient (Wildman–Crippen LogP) is 4.49. The first-order valence-corrected chi connectivity index (χ1v) is 14.3. The Morgan fingerprint density at radius 2 is 1.70 bits per heavy atom. The molecular weight excluding hydrogens is 582 g/mol. The molecule has 230 valence electrons. The number of rotatable bonds is 5. The molecule has 3 amide bonds. The summed E-state index contributed by atoms with van der Waals surface area (Å²) in [7, 11) is 1.87. The molecule has 12 heteroatoms. The first kappa shape index (κ1) is 30.7. The Kier molecular flexibility index (Phi) is 8.98. The Labute approximate surface area is 262 Å². The fourth-order valence-electron chi connectivity index (χ4n) is 5.72. The first-order chi connectivity index (χ1) is 20.7. The van der Waals surface area contributed by atoms with E-state index in [4.69, 9.17) is 0 Å². The quantitative estimate of drug-likeness (QED) is 0.260. The van der Waals surface area contributed by atoms with Crippen molar-refractivity contribution in [3.63, 3.8) is 0 Å². The summed E-state index contributed by atoms with van der Waals surface area (Å²) >= 11 is 0. The molecule has 2 aliphatic heterocycles. The maximum atomic E-state index is 13.8. The number of anilines is 3. The molecule has 0 bridgehead atoms. The van der Waals surface area contributed by atoms with Crippen molar-refractivity contribution in [1.29, 1.82) is 0 Å². The van der Waals surface area contributed by atoms with Gasteiger partial charge in [-0.2, -0.15) is 5.10 Å². The van der Waals surface area contributed by atoms with Crippen molar-refractivity contribution in [1.82, 2.24) is 24.9 Å². The summed E-state index contributed by atoms with van der Waals surface area (Å²) in [5.74, 6) is 0.828. The van der Waals surface area contributed by atoms with Gasteiger partial charge in [0, 0.05) is 63.5 Å². The van der Waals surface area contributed by atoms with E-state index in [1.807, 2.05) is 56.4 Å². The highest BCUT2D eigenvalue weighted by Crippen LogP contribution is 2.36. The second-order valence-electron chi connectivity index (χ2n) is 11.1. The number of hydrogen-bond acceptors (Lipinski definition) is 7. The normalized spacial score (nSPS) is 14.5. The van der Waals surface area contributed by atoms with Crippen LogP contribution in [0.5, 0.6) is 11.5 Å². The maximum absolute atomic E-state index is 13.8. The monoisotopic (exact) mass is 617 g/mol. The van der Waals surface area contributed by atoms with Crippen LogP contribution in [0.25, 0.3) is 0 Å². The number of phenolic OH excluding ortho intramolecular Hbond substituents is 2.